The Labute approximate surface area is 89.8 Å². The zero-order chi connectivity index (χ0) is 11.0. The van der Waals surface area contributed by atoms with Gasteiger partial charge in [-0.2, -0.15) is 10.2 Å². The molecule has 2 N–H and O–H groups in total. The lowest BCUT2D eigenvalue weighted by Crippen LogP contribution is -2.00. The number of nitrogens with zero attached hydrogens (tertiary/aromatic N) is 5. The molecule has 0 unspecified atom stereocenters. The van der Waals surface area contributed by atoms with Crippen LogP contribution in [0.5, 0.6) is 0 Å². The first-order valence-corrected chi connectivity index (χ1v) is 4.68. The Bertz CT molecular complexity index is 628. The zero-order valence-electron chi connectivity index (χ0n) is 8.20. The van der Waals surface area contributed by atoms with Crippen molar-refractivity contribution in [3.63, 3.8) is 0 Å². The fourth-order valence-electron chi connectivity index (χ4n) is 1.50. The van der Waals surface area contributed by atoms with Crippen LogP contribution < -0.4 is 0 Å². The summed E-state index contributed by atoms with van der Waals surface area (Å²) in [4.78, 5) is 8.18. The van der Waals surface area contributed by atoms with Crippen molar-refractivity contribution in [1.29, 1.82) is 0 Å². The van der Waals surface area contributed by atoms with Crippen molar-refractivity contribution in [1.82, 2.24) is 29.9 Å². The van der Waals surface area contributed by atoms with Gasteiger partial charge in [0.25, 0.3) is 0 Å². The lowest BCUT2D eigenvalue weighted by molar-refractivity contribution is 0.276. The minimum Gasteiger partial charge on any atom is -0.390 e. The topological polar surface area (TPSA) is 92.5 Å². The van der Waals surface area contributed by atoms with Gasteiger partial charge in [0.1, 0.15) is 6.33 Å². The number of hydrogen-bond acceptors (Lipinski definition) is 5. The summed E-state index contributed by atoms with van der Waals surface area (Å²) in [5.74, 6) is 0.637. The molecule has 0 aromatic carbocycles. The Kier molecular flexibility index (Phi) is 1.90. The van der Waals surface area contributed by atoms with Gasteiger partial charge in [-0.1, -0.05) is 0 Å². The summed E-state index contributed by atoms with van der Waals surface area (Å²) >= 11 is 0. The maximum Gasteiger partial charge on any atom is 0.167 e. The predicted molar refractivity (Wildman–Crippen MR) is 54.7 cm³/mol. The Hall–Kier alpha value is -2.28. The Morgan fingerprint density at radius 3 is 3.12 bits per heavy atom. The fourth-order valence-corrected chi connectivity index (χ4v) is 1.50. The third-order valence-electron chi connectivity index (χ3n) is 2.25. The van der Waals surface area contributed by atoms with E-state index in [9.17, 15) is 0 Å². The number of aromatic amines is 1. The average Bonchev–Trinajstić information content (AvgIpc) is 2.97. The van der Waals surface area contributed by atoms with Crippen molar-refractivity contribution in [3.05, 3.63) is 30.5 Å². The lowest BCUT2D eigenvalue weighted by Gasteiger charge is -1.99. The molecule has 0 atom stereocenters. The van der Waals surface area contributed by atoms with Crippen LogP contribution in [0.4, 0.5) is 0 Å². The van der Waals surface area contributed by atoms with E-state index in [4.69, 9.17) is 5.11 Å². The molecular weight excluding hydrogens is 208 g/mol. The van der Waals surface area contributed by atoms with Gasteiger partial charge in [0.2, 0.25) is 0 Å². The zero-order valence-corrected chi connectivity index (χ0v) is 8.20. The highest BCUT2D eigenvalue weighted by Gasteiger charge is 2.08. The Balaban J connectivity index is 2.21. The van der Waals surface area contributed by atoms with E-state index in [1.54, 1.807) is 23.1 Å². The van der Waals surface area contributed by atoms with Crippen LogP contribution in [0.1, 0.15) is 5.69 Å². The maximum atomic E-state index is 8.94. The number of aliphatic hydroxyl groups excluding tert-OH is 1. The van der Waals surface area contributed by atoms with Gasteiger partial charge < -0.3 is 5.11 Å². The van der Waals surface area contributed by atoms with E-state index in [0.29, 0.717) is 17.2 Å². The smallest absolute Gasteiger partial charge is 0.167 e. The average molecular weight is 216 g/mol. The molecule has 80 valence electrons. The predicted octanol–water partition coefficient (Wildman–Crippen LogP) is 0.0309. The largest absolute Gasteiger partial charge is 0.390 e. The van der Waals surface area contributed by atoms with Crippen molar-refractivity contribution in [3.8, 4) is 5.82 Å². The van der Waals surface area contributed by atoms with Crippen LogP contribution >= 0.6 is 0 Å². The van der Waals surface area contributed by atoms with Crippen LogP contribution in [0.3, 0.4) is 0 Å². The van der Waals surface area contributed by atoms with Gasteiger partial charge in [0, 0.05) is 6.20 Å². The summed E-state index contributed by atoms with van der Waals surface area (Å²) in [6.07, 6.45) is 4.82. The quantitative estimate of drug-likeness (QED) is 0.630. The molecule has 0 spiro atoms. The third-order valence-corrected chi connectivity index (χ3v) is 2.25. The van der Waals surface area contributed by atoms with Gasteiger partial charge in [-0.25, -0.2) is 14.6 Å². The number of hydrogen-bond donors (Lipinski definition) is 2. The summed E-state index contributed by atoms with van der Waals surface area (Å²) in [6.45, 7) is -0.0907. The standard InChI is InChI=1S/C9H8N6O/c16-4-6-1-2-15(14-6)9-7-3-12-13-8(7)10-5-11-9/h1-3,5,16H,4H2,(H,10,11,12,13). The van der Waals surface area contributed by atoms with E-state index in [1.165, 1.54) is 6.33 Å². The first-order chi connectivity index (χ1) is 7.88. The minimum atomic E-state index is -0.0907. The normalized spacial score (nSPS) is 11.1. The van der Waals surface area contributed by atoms with Crippen molar-refractivity contribution in [2.24, 2.45) is 0 Å². The molecule has 0 aliphatic heterocycles. The minimum absolute atomic E-state index is 0.0907. The molecule has 0 radical (unpaired) electrons. The van der Waals surface area contributed by atoms with E-state index in [2.05, 4.69) is 25.3 Å². The molecule has 0 saturated heterocycles. The number of H-pyrrole nitrogens is 1. The SMILES string of the molecule is OCc1ccn(-c2ncnc3[nH]ncc23)n1. The van der Waals surface area contributed by atoms with Gasteiger partial charge in [-0.3, -0.25) is 5.10 Å². The molecule has 0 aliphatic carbocycles. The van der Waals surface area contributed by atoms with Crippen molar-refractivity contribution >= 4 is 11.0 Å². The molecule has 3 aromatic heterocycles. The van der Waals surface area contributed by atoms with Gasteiger partial charge in [-0.05, 0) is 6.07 Å². The van der Waals surface area contributed by atoms with Crippen LogP contribution in [-0.4, -0.2) is 35.1 Å². The highest BCUT2D eigenvalue weighted by molar-refractivity contribution is 5.80. The van der Waals surface area contributed by atoms with Gasteiger partial charge in [0.05, 0.1) is 23.9 Å². The first kappa shape index (κ1) is 8.98. The molecule has 0 saturated carbocycles. The van der Waals surface area contributed by atoms with Crippen molar-refractivity contribution < 1.29 is 5.11 Å². The molecule has 0 aliphatic rings. The number of rotatable bonds is 2. The van der Waals surface area contributed by atoms with E-state index in [1.807, 2.05) is 0 Å². The second kappa shape index (κ2) is 3.38. The number of aromatic nitrogens is 6. The van der Waals surface area contributed by atoms with Crippen LogP contribution in [0.15, 0.2) is 24.8 Å². The molecule has 3 aromatic rings. The number of nitrogens with one attached hydrogen (secondary N) is 1. The lowest BCUT2D eigenvalue weighted by atomic mass is 10.4. The van der Waals surface area contributed by atoms with E-state index < -0.39 is 0 Å². The maximum absolute atomic E-state index is 8.94. The molecule has 0 amide bonds. The molecular formula is C9H8N6O. The third kappa shape index (κ3) is 1.26. The molecule has 0 fully saturated rings. The van der Waals surface area contributed by atoms with Gasteiger partial charge >= 0.3 is 0 Å². The molecule has 3 rings (SSSR count). The summed E-state index contributed by atoms with van der Waals surface area (Å²) < 4.78 is 1.59. The van der Waals surface area contributed by atoms with E-state index in [0.717, 1.165) is 5.39 Å². The highest BCUT2D eigenvalue weighted by atomic mass is 16.3. The summed E-state index contributed by atoms with van der Waals surface area (Å²) in [7, 11) is 0. The second-order valence-corrected chi connectivity index (χ2v) is 3.24. The molecule has 3 heterocycles. The second-order valence-electron chi connectivity index (χ2n) is 3.24. The van der Waals surface area contributed by atoms with Gasteiger partial charge in [-0.15, -0.1) is 0 Å². The molecule has 7 heteroatoms. The van der Waals surface area contributed by atoms with Crippen LogP contribution in [0, 0.1) is 0 Å². The fraction of sp³-hybridized carbons (Fsp3) is 0.111. The first-order valence-electron chi connectivity index (χ1n) is 4.68. The molecule has 16 heavy (non-hydrogen) atoms. The molecule has 7 nitrogen and oxygen atoms in total. The Morgan fingerprint density at radius 2 is 2.31 bits per heavy atom. The highest BCUT2D eigenvalue weighted by Crippen LogP contribution is 2.14. The Morgan fingerprint density at radius 1 is 1.38 bits per heavy atom. The van der Waals surface area contributed by atoms with E-state index >= 15 is 0 Å². The van der Waals surface area contributed by atoms with Gasteiger partial charge in [0.15, 0.2) is 11.5 Å². The number of fused-ring (bicyclic) bond motifs is 1. The monoisotopic (exact) mass is 216 g/mol. The van der Waals surface area contributed by atoms with Crippen molar-refractivity contribution in [2.45, 2.75) is 6.61 Å². The molecule has 0 bridgehead atoms. The summed E-state index contributed by atoms with van der Waals surface area (Å²) in [5.41, 5.74) is 1.25. The van der Waals surface area contributed by atoms with Crippen molar-refractivity contribution in [2.75, 3.05) is 0 Å². The summed E-state index contributed by atoms with van der Waals surface area (Å²) in [5, 5.41) is 20.5. The number of aliphatic hydroxyl groups is 1. The van der Waals surface area contributed by atoms with Crippen LogP contribution in [0.2, 0.25) is 0 Å². The van der Waals surface area contributed by atoms with Crippen LogP contribution in [0.25, 0.3) is 16.9 Å². The summed E-state index contributed by atoms with van der Waals surface area (Å²) in [6, 6.07) is 1.73. The van der Waals surface area contributed by atoms with Crippen LogP contribution in [-0.2, 0) is 6.61 Å². The van der Waals surface area contributed by atoms with E-state index in [-0.39, 0.29) is 6.61 Å².